The SMILES string of the molecule is Cc1cc(C)c(C)c(Oc2cccc(Cl)c2CO)c1. The molecule has 100 valence electrons. The normalized spacial score (nSPS) is 10.6. The highest BCUT2D eigenvalue weighted by molar-refractivity contribution is 6.31. The van der Waals surface area contributed by atoms with Crippen molar-refractivity contribution in [2.24, 2.45) is 0 Å². The maximum Gasteiger partial charge on any atom is 0.134 e. The number of benzene rings is 2. The van der Waals surface area contributed by atoms with E-state index in [1.54, 1.807) is 6.07 Å². The molecular weight excluding hydrogens is 260 g/mol. The zero-order valence-corrected chi connectivity index (χ0v) is 12.1. The fourth-order valence-electron chi connectivity index (χ4n) is 2.01. The molecule has 0 bridgehead atoms. The number of hydrogen-bond donors (Lipinski definition) is 1. The highest BCUT2D eigenvalue weighted by Crippen LogP contribution is 2.33. The standard InChI is InChI=1S/C16H17ClO2/c1-10-7-11(2)12(3)16(8-10)19-15-6-4-5-14(17)13(15)9-18/h4-8,18H,9H2,1-3H3. The fraction of sp³-hybridized carbons (Fsp3) is 0.250. The van der Waals surface area contributed by atoms with Crippen LogP contribution in [-0.4, -0.2) is 5.11 Å². The van der Waals surface area contributed by atoms with E-state index in [0.29, 0.717) is 16.3 Å². The molecule has 0 aliphatic carbocycles. The summed E-state index contributed by atoms with van der Waals surface area (Å²) in [5.41, 5.74) is 4.03. The predicted octanol–water partition coefficient (Wildman–Crippen LogP) is 4.55. The van der Waals surface area contributed by atoms with Gasteiger partial charge in [0.25, 0.3) is 0 Å². The van der Waals surface area contributed by atoms with Gasteiger partial charge < -0.3 is 9.84 Å². The topological polar surface area (TPSA) is 29.5 Å². The van der Waals surface area contributed by atoms with Gasteiger partial charge in [0.15, 0.2) is 0 Å². The molecular formula is C16H17ClO2. The van der Waals surface area contributed by atoms with Crippen molar-refractivity contribution in [2.45, 2.75) is 27.4 Å². The van der Waals surface area contributed by atoms with Crippen LogP contribution >= 0.6 is 11.6 Å². The zero-order valence-electron chi connectivity index (χ0n) is 11.3. The third-order valence-corrected chi connectivity index (χ3v) is 3.57. The van der Waals surface area contributed by atoms with Crippen LogP contribution in [0.15, 0.2) is 30.3 Å². The van der Waals surface area contributed by atoms with Gasteiger partial charge in [0.1, 0.15) is 11.5 Å². The largest absolute Gasteiger partial charge is 0.457 e. The molecule has 3 heteroatoms. The van der Waals surface area contributed by atoms with E-state index >= 15 is 0 Å². The lowest BCUT2D eigenvalue weighted by molar-refractivity contribution is 0.276. The molecule has 2 aromatic carbocycles. The zero-order chi connectivity index (χ0) is 14.0. The van der Waals surface area contributed by atoms with Gasteiger partial charge in [-0.15, -0.1) is 0 Å². The summed E-state index contributed by atoms with van der Waals surface area (Å²) in [4.78, 5) is 0. The van der Waals surface area contributed by atoms with Crippen LogP contribution < -0.4 is 4.74 Å². The van der Waals surface area contributed by atoms with Gasteiger partial charge >= 0.3 is 0 Å². The Bertz CT molecular complexity index is 606. The molecule has 0 atom stereocenters. The summed E-state index contributed by atoms with van der Waals surface area (Å²) in [6, 6.07) is 9.48. The van der Waals surface area contributed by atoms with Crippen molar-refractivity contribution >= 4 is 11.6 Å². The number of ether oxygens (including phenoxy) is 1. The van der Waals surface area contributed by atoms with Crippen LogP contribution in [0.2, 0.25) is 5.02 Å². The summed E-state index contributed by atoms with van der Waals surface area (Å²) in [5.74, 6) is 1.40. The van der Waals surface area contributed by atoms with Gasteiger partial charge in [-0.2, -0.15) is 0 Å². The van der Waals surface area contributed by atoms with Crippen molar-refractivity contribution in [3.05, 3.63) is 57.6 Å². The molecule has 0 saturated carbocycles. The molecule has 0 aliphatic rings. The molecule has 0 aliphatic heterocycles. The first-order valence-electron chi connectivity index (χ1n) is 6.17. The summed E-state index contributed by atoms with van der Waals surface area (Å²) in [7, 11) is 0. The second-order valence-electron chi connectivity index (χ2n) is 4.68. The summed E-state index contributed by atoms with van der Waals surface area (Å²) in [5, 5.41) is 9.91. The second kappa shape index (κ2) is 5.64. The third-order valence-electron chi connectivity index (χ3n) is 3.22. The Morgan fingerprint density at radius 1 is 1.11 bits per heavy atom. The Morgan fingerprint density at radius 3 is 2.53 bits per heavy atom. The van der Waals surface area contributed by atoms with Gasteiger partial charge in [0.2, 0.25) is 0 Å². The van der Waals surface area contributed by atoms with Crippen LogP contribution in [0.3, 0.4) is 0 Å². The quantitative estimate of drug-likeness (QED) is 0.891. The average Bonchev–Trinajstić information content (AvgIpc) is 2.35. The first-order chi connectivity index (χ1) is 9.02. The summed E-state index contributed by atoms with van der Waals surface area (Å²) < 4.78 is 5.93. The van der Waals surface area contributed by atoms with E-state index < -0.39 is 0 Å². The minimum absolute atomic E-state index is 0.140. The number of aliphatic hydroxyl groups excluding tert-OH is 1. The van der Waals surface area contributed by atoms with Gasteiger partial charge in [-0.25, -0.2) is 0 Å². The molecule has 2 aromatic rings. The third kappa shape index (κ3) is 2.91. The molecule has 0 fully saturated rings. The highest BCUT2D eigenvalue weighted by atomic mass is 35.5. The molecule has 19 heavy (non-hydrogen) atoms. The van der Waals surface area contributed by atoms with Crippen molar-refractivity contribution in [3.8, 4) is 11.5 Å². The Hall–Kier alpha value is -1.51. The molecule has 0 aromatic heterocycles. The molecule has 2 rings (SSSR count). The smallest absolute Gasteiger partial charge is 0.134 e. The Labute approximate surface area is 118 Å². The van der Waals surface area contributed by atoms with Crippen molar-refractivity contribution in [3.63, 3.8) is 0 Å². The summed E-state index contributed by atoms with van der Waals surface area (Å²) in [6.07, 6.45) is 0. The molecule has 2 nitrogen and oxygen atoms in total. The number of rotatable bonds is 3. The van der Waals surface area contributed by atoms with E-state index in [9.17, 15) is 5.11 Å². The van der Waals surface area contributed by atoms with E-state index in [-0.39, 0.29) is 6.61 Å². The van der Waals surface area contributed by atoms with Gasteiger partial charge in [-0.05, 0) is 55.7 Å². The molecule has 0 spiro atoms. The highest BCUT2D eigenvalue weighted by Gasteiger charge is 2.10. The first kappa shape index (κ1) is 13.9. The van der Waals surface area contributed by atoms with Crippen LogP contribution in [0.4, 0.5) is 0 Å². The van der Waals surface area contributed by atoms with Crippen LogP contribution in [-0.2, 0) is 6.61 Å². The van der Waals surface area contributed by atoms with Crippen molar-refractivity contribution < 1.29 is 9.84 Å². The number of aliphatic hydroxyl groups is 1. The molecule has 0 saturated heterocycles. The second-order valence-corrected chi connectivity index (χ2v) is 5.09. The first-order valence-corrected chi connectivity index (χ1v) is 6.54. The van der Waals surface area contributed by atoms with E-state index in [4.69, 9.17) is 16.3 Å². The molecule has 1 N–H and O–H groups in total. The van der Waals surface area contributed by atoms with E-state index in [0.717, 1.165) is 16.9 Å². The lowest BCUT2D eigenvalue weighted by Gasteiger charge is -2.15. The van der Waals surface area contributed by atoms with Crippen LogP contribution in [0.25, 0.3) is 0 Å². The summed E-state index contributed by atoms with van der Waals surface area (Å²) >= 11 is 6.06. The fourth-order valence-corrected chi connectivity index (χ4v) is 2.24. The number of halogens is 1. The maximum atomic E-state index is 9.39. The van der Waals surface area contributed by atoms with Gasteiger partial charge in [0.05, 0.1) is 6.61 Å². The van der Waals surface area contributed by atoms with Gasteiger partial charge in [0, 0.05) is 10.6 Å². The summed E-state index contributed by atoms with van der Waals surface area (Å²) in [6.45, 7) is 5.97. The monoisotopic (exact) mass is 276 g/mol. The van der Waals surface area contributed by atoms with Crippen LogP contribution in [0.1, 0.15) is 22.3 Å². The lowest BCUT2D eigenvalue weighted by Crippen LogP contribution is -1.96. The Morgan fingerprint density at radius 2 is 1.84 bits per heavy atom. The number of aryl methyl sites for hydroxylation is 2. The molecule has 0 amide bonds. The maximum absolute atomic E-state index is 9.39. The van der Waals surface area contributed by atoms with Crippen molar-refractivity contribution in [1.29, 1.82) is 0 Å². The van der Waals surface area contributed by atoms with Crippen molar-refractivity contribution in [2.75, 3.05) is 0 Å². The Kier molecular flexibility index (Phi) is 4.13. The molecule has 0 unspecified atom stereocenters. The van der Waals surface area contributed by atoms with Gasteiger partial charge in [-0.3, -0.25) is 0 Å². The van der Waals surface area contributed by atoms with E-state index in [1.807, 2.05) is 32.0 Å². The molecule has 0 radical (unpaired) electrons. The lowest BCUT2D eigenvalue weighted by atomic mass is 10.1. The minimum atomic E-state index is -0.140. The average molecular weight is 277 g/mol. The number of hydrogen-bond acceptors (Lipinski definition) is 2. The van der Waals surface area contributed by atoms with Crippen LogP contribution in [0, 0.1) is 20.8 Å². The van der Waals surface area contributed by atoms with Crippen LogP contribution in [0.5, 0.6) is 11.5 Å². The van der Waals surface area contributed by atoms with Gasteiger partial charge in [-0.1, -0.05) is 23.7 Å². The van der Waals surface area contributed by atoms with E-state index in [2.05, 4.69) is 13.0 Å². The minimum Gasteiger partial charge on any atom is -0.457 e. The Balaban J connectivity index is 2.45. The van der Waals surface area contributed by atoms with Crippen molar-refractivity contribution in [1.82, 2.24) is 0 Å². The predicted molar refractivity (Wildman–Crippen MR) is 78.1 cm³/mol. The van der Waals surface area contributed by atoms with E-state index in [1.165, 1.54) is 5.56 Å². The molecule has 0 heterocycles.